The molecule has 6 nitrogen and oxygen atoms in total. The van der Waals surface area contributed by atoms with Crippen molar-refractivity contribution in [1.29, 1.82) is 0 Å². The number of piperazine rings is 1. The van der Waals surface area contributed by atoms with Gasteiger partial charge >= 0.3 is 0 Å². The Hall–Kier alpha value is -2.47. The zero-order valence-electron chi connectivity index (χ0n) is 13.4. The highest BCUT2D eigenvalue weighted by atomic mass is 16.7. The fourth-order valence-corrected chi connectivity index (χ4v) is 3.12. The molecule has 0 bridgehead atoms. The van der Waals surface area contributed by atoms with Gasteiger partial charge in [0.25, 0.3) is 0 Å². The van der Waals surface area contributed by atoms with Crippen molar-refractivity contribution in [2.24, 2.45) is 0 Å². The molecule has 1 aromatic carbocycles. The molecular formula is C18H20N2O4. The number of hydrogen-bond donors (Lipinski definition) is 0. The Balaban J connectivity index is 1.30. The molecule has 2 aromatic rings. The molecule has 24 heavy (non-hydrogen) atoms. The second-order valence-electron chi connectivity index (χ2n) is 6.10. The molecule has 6 heteroatoms. The van der Waals surface area contributed by atoms with Crippen LogP contribution in [0.4, 0.5) is 0 Å². The lowest BCUT2D eigenvalue weighted by molar-refractivity contribution is -0.132. The van der Waals surface area contributed by atoms with Crippen LogP contribution in [0.1, 0.15) is 11.3 Å². The third-order valence-electron chi connectivity index (χ3n) is 4.48. The standard InChI is InChI=1S/C18H20N2O4/c21-18(11-14-3-4-16-17(10-14)24-13-23-16)20-7-5-19(6-8-20)12-15-2-1-9-22-15/h1-4,9-10H,5-8,11-13H2. The number of hydrogen-bond acceptors (Lipinski definition) is 5. The van der Waals surface area contributed by atoms with Crippen molar-refractivity contribution < 1.29 is 18.7 Å². The molecule has 1 fully saturated rings. The van der Waals surface area contributed by atoms with Crippen LogP contribution in [0.2, 0.25) is 0 Å². The second-order valence-corrected chi connectivity index (χ2v) is 6.10. The molecular weight excluding hydrogens is 308 g/mol. The predicted octanol–water partition coefficient (Wildman–Crippen LogP) is 1.90. The summed E-state index contributed by atoms with van der Waals surface area (Å²) < 4.78 is 16.0. The summed E-state index contributed by atoms with van der Waals surface area (Å²) in [4.78, 5) is 16.8. The lowest BCUT2D eigenvalue weighted by atomic mass is 10.1. The van der Waals surface area contributed by atoms with Crippen molar-refractivity contribution in [3.8, 4) is 11.5 Å². The Morgan fingerprint density at radius 2 is 1.88 bits per heavy atom. The van der Waals surface area contributed by atoms with Crippen LogP contribution in [0.15, 0.2) is 41.0 Å². The van der Waals surface area contributed by atoms with Gasteiger partial charge in [-0.2, -0.15) is 0 Å². The van der Waals surface area contributed by atoms with Crippen LogP contribution in [0.5, 0.6) is 11.5 Å². The van der Waals surface area contributed by atoms with Crippen LogP contribution in [-0.2, 0) is 17.8 Å². The number of carbonyl (C=O) groups excluding carboxylic acids is 1. The molecule has 126 valence electrons. The van der Waals surface area contributed by atoms with Crippen molar-refractivity contribution in [2.75, 3.05) is 33.0 Å². The van der Waals surface area contributed by atoms with E-state index in [4.69, 9.17) is 13.9 Å². The van der Waals surface area contributed by atoms with Gasteiger partial charge in [0.1, 0.15) is 5.76 Å². The minimum atomic E-state index is 0.159. The zero-order valence-corrected chi connectivity index (χ0v) is 13.4. The van der Waals surface area contributed by atoms with E-state index in [9.17, 15) is 4.79 Å². The van der Waals surface area contributed by atoms with Crippen LogP contribution in [-0.4, -0.2) is 48.7 Å². The zero-order chi connectivity index (χ0) is 16.4. The molecule has 4 rings (SSSR count). The molecule has 0 radical (unpaired) electrons. The van der Waals surface area contributed by atoms with Gasteiger partial charge in [0, 0.05) is 26.2 Å². The molecule has 1 saturated heterocycles. The number of carbonyl (C=O) groups is 1. The molecule has 2 aliphatic rings. The maximum Gasteiger partial charge on any atom is 0.231 e. The van der Waals surface area contributed by atoms with Gasteiger partial charge < -0.3 is 18.8 Å². The molecule has 0 saturated carbocycles. The van der Waals surface area contributed by atoms with E-state index in [0.717, 1.165) is 55.5 Å². The third kappa shape index (κ3) is 3.23. The third-order valence-corrected chi connectivity index (χ3v) is 4.48. The van der Waals surface area contributed by atoms with Gasteiger partial charge in [-0.3, -0.25) is 9.69 Å². The van der Waals surface area contributed by atoms with Crippen LogP contribution in [0.25, 0.3) is 0 Å². The highest BCUT2D eigenvalue weighted by molar-refractivity contribution is 5.79. The van der Waals surface area contributed by atoms with Gasteiger partial charge in [-0.1, -0.05) is 6.07 Å². The van der Waals surface area contributed by atoms with E-state index >= 15 is 0 Å². The molecule has 0 N–H and O–H groups in total. The Morgan fingerprint density at radius 3 is 2.67 bits per heavy atom. The molecule has 1 amide bonds. The largest absolute Gasteiger partial charge is 0.468 e. The van der Waals surface area contributed by atoms with Gasteiger partial charge in [0.2, 0.25) is 12.7 Å². The van der Waals surface area contributed by atoms with Gasteiger partial charge in [-0.25, -0.2) is 0 Å². The van der Waals surface area contributed by atoms with Gasteiger partial charge in [-0.05, 0) is 29.8 Å². The van der Waals surface area contributed by atoms with Gasteiger partial charge in [0.15, 0.2) is 11.5 Å². The van der Waals surface area contributed by atoms with Gasteiger partial charge in [-0.15, -0.1) is 0 Å². The molecule has 2 aliphatic heterocycles. The quantitative estimate of drug-likeness (QED) is 0.858. The Morgan fingerprint density at radius 1 is 1.04 bits per heavy atom. The average Bonchev–Trinajstić information content (AvgIpc) is 3.26. The number of furan rings is 1. The van der Waals surface area contributed by atoms with Crippen molar-refractivity contribution in [3.05, 3.63) is 47.9 Å². The Bertz CT molecular complexity index is 706. The normalized spacial score (nSPS) is 17.2. The minimum absolute atomic E-state index is 0.159. The molecule has 1 aromatic heterocycles. The predicted molar refractivity (Wildman–Crippen MR) is 86.8 cm³/mol. The first kappa shape index (κ1) is 15.1. The van der Waals surface area contributed by atoms with E-state index in [1.54, 1.807) is 6.26 Å². The molecule has 0 spiro atoms. The summed E-state index contributed by atoms with van der Waals surface area (Å²) in [5.74, 6) is 2.60. The van der Waals surface area contributed by atoms with E-state index < -0.39 is 0 Å². The maximum atomic E-state index is 12.5. The molecule has 0 atom stereocenters. The first-order valence-electron chi connectivity index (χ1n) is 8.19. The van der Waals surface area contributed by atoms with Crippen molar-refractivity contribution in [3.63, 3.8) is 0 Å². The number of nitrogens with zero attached hydrogens (tertiary/aromatic N) is 2. The number of fused-ring (bicyclic) bond motifs is 1. The smallest absolute Gasteiger partial charge is 0.231 e. The number of ether oxygens (including phenoxy) is 2. The second kappa shape index (κ2) is 6.57. The van der Waals surface area contributed by atoms with Gasteiger partial charge in [0.05, 0.1) is 19.2 Å². The summed E-state index contributed by atoms with van der Waals surface area (Å²) in [6.45, 7) is 4.30. The fourth-order valence-electron chi connectivity index (χ4n) is 3.12. The summed E-state index contributed by atoms with van der Waals surface area (Å²) in [6.07, 6.45) is 2.09. The van der Waals surface area contributed by atoms with Crippen molar-refractivity contribution >= 4 is 5.91 Å². The Kier molecular flexibility index (Phi) is 4.13. The van der Waals surface area contributed by atoms with Crippen LogP contribution in [0.3, 0.4) is 0 Å². The average molecular weight is 328 g/mol. The van der Waals surface area contributed by atoms with E-state index in [1.165, 1.54) is 0 Å². The summed E-state index contributed by atoms with van der Waals surface area (Å²) in [5, 5.41) is 0. The molecule has 0 unspecified atom stereocenters. The lowest BCUT2D eigenvalue weighted by Gasteiger charge is -2.34. The highest BCUT2D eigenvalue weighted by Crippen LogP contribution is 2.32. The molecule has 0 aliphatic carbocycles. The highest BCUT2D eigenvalue weighted by Gasteiger charge is 2.22. The first-order valence-corrected chi connectivity index (χ1v) is 8.19. The topological polar surface area (TPSA) is 55.2 Å². The molecule has 3 heterocycles. The van der Waals surface area contributed by atoms with Crippen LogP contribution < -0.4 is 9.47 Å². The monoisotopic (exact) mass is 328 g/mol. The number of amides is 1. The summed E-state index contributed by atoms with van der Waals surface area (Å²) in [7, 11) is 0. The van der Waals surface area contributed by atoms with E-state index in [0.29, 0.717) is 6.42 Å². The lowest BCUT2D eigenvalue weighted by Crippen LogP contribution is -2.48. The Labute approximate surface area is 140 Å². The van der Waals surface area contributed by atoms with Crippen LogP contribution >= 0.6 is 0 Å². The van der Waals surface area contributed by atoms with Crippen molar-refractivity contribution in [1.82, 2.24) is 9.80 Å². The first-order chi connectivity index (χ1) is 11.8. The SMILES string of the molecule is O=C(Cc1ccc2c(c1)OCO2)N1CCN(Cc2ccco2)CC1. The van der Waals surface area contributed by atoms with E-state index in [2.05, 4.69) is 4.90 Å². The van der Waals surface area contributed by atoms with E-state index in [-0.39, 0.29) is 12.7 Å². The maximum absolute atomic E-state index is 12.5. The van der Waals surface area contributed by atoms with Crippen LogP contribution in [0, 0.1) is 0 Å². The number of benzene rings is 1. The van der Waals surface area contributed by atoms with Crippen molar-refractivity contribution in [2.45, 2.75) is 13.0 Å². The van der Waals surface area contributed by atoms with E-state index in [1.807, 2.05) is 35.2 Å². The summed E-state index contributed by atoms with van der Waals surface area (Å²) >= 11 is 0. The fraction of sp³-hybridized carbons (Fsp3) is 0.389. The minimum Gasteiger partial charge on any atom is -0.468 e. The summed E-state index contributed by atoms with van der Waals surface area (Å²) in [5.41, 5.74) is 0.960. The summed E-state index contributed by atoms with van der Waals surface area (Å²) in [6, 6.07) is 9.58. The number of rotatable bonds is 4.